The van der Waals surface area contributed by atoms with Crippen molar-refractivity contribution in [3.8, 4) is 5.75 Å². The number of hydrogen-bond donors (Lipinski definition) is 1. The van der Waals surface area contributed by atoms with Gasteiger partial charge in [0.1, 0.15) is 5.75 Å². The molecule has 2 rings (SSSR count). The summed E-state index contributed by atoms with van der Waals surface area (Å²) in [7, 11) is 1.72. The quantitative estimate of drug-likeness (QED) is 0.882. The van der Waals surface area contributed by atoms with Gasteiger partial charge in [-0.2, -0.15) is 0 Å². The molecule has 0 spiro atoms. The predicted molar refractivity (Wildman–Crippen MR) is 87.0 cm³/mol. The van der Waals surface area contributed by atoms with Crippen molar-refractivity contribution in [2.24, 2.45) is 0 Å². The largest absolute Gasteiger partial charge is 0.496 e. The predicted octanol–water partition coefficient (Wildman–Crippen LogP) is 4.38. The first-order chi connectivity index (χ1) is 9.56. The third kappa shape index (κ3) is 3.05. The Morgan fingerprint density at radius 1 is 1.15 bits per heavy atom. The maximum absolute atomic E-state index is 5.32. The Hall–Kier alpha value is -1.32. The molecule has 2 nitrogen and oxygen atoms in total. The summed E-state index contributed by atoms with van der Waals surface area (Å²) in [6, 6.07) is 6.90. The van der Waals surface area contributed by atoms with Crippen molar-refractivity contribution in [2.45, 2.75) is 33.7 Å². The minimum atomic E-state index is 0.245. The number of benzene rings is 1. The molecule has 1 aromatic carbocycles. The van der Waals surface area contributed by atoms with Gasteiger partial charge >= 0.3 is 0 Å². The number of hydrogen-bond acceptors (Lipinski definition) is 3. The van der Waals surface area contributed by atoms with Crippen LogP contribution in [0.25, 0.3) is 0 Å². The molecule has 0 saturated carbocycles. The summed E-state index contributed by atoms with van der Waals surface area (Å²) in [4.78, 5) is 1.30. The van der Waals surface area contributed by atoms with Crippen LogP contribution in [0.2, 0.25) is 0 Å². The molecule has 20 heavy (non-hydrogen) atoms. The Bertz CT molecular complexity index is 565. The van der Waals surface area contributed by atoms with Crippen LogP contribution in [0.15, 0.2) is 23.6 Å². The minimum Gasteiger partial charge on any atom is -0.496 e. The van der Waals surface area contributed by atoms with Crippen molar-refractivity contribution in [1.29, 1.82) is 0 Å². The summed E-state index contributed by atoms with van der Waals surface area (Å²) >= 11 is 1.75. The second-order valence-electron chi connectivity index (χ2n) is 5.19. The summed E-state index contributed by atoms with van der Waals surface area (Å²) < 4.78 is 5.32. The van der Waals surface area contributed by atoms with E-state index < -0.39 is 0 Å². The summed E-state index contributed by atoms with van der Waals surface area (Å²) in [5.41, 5.74) is 5.41. The van der Waals surface area contributed by atoms with Crippen molar-refractivity contribution in [2.75, 3.05) is 13.7 Å². The SMILES string of the molecule is CCNC(c1cc(OC)cs1)c1c(C)cc(C)cc1C. The van der Waals surface area contributed by atoms with Crippen LogP contribution in [0.4, 0.5) is 0 Å². The fourth-order valence-electron chi connectivity index (χ4n) is 2.79. The lowest BCUT2D eigenvalue weighted by atomic mass is 9.93. The molecular formula is C17H23NOS. The van der Waals surface area contributed by atoms with Crippen LogP contribution < -0.4 is 10.1 Å². The van der Waals surface area contributed by atoms with Crippen LogP contribution in [0.1, 0.15) is 40.1 Å². The van der Waals surface area contributed by atoms with E-state index in [0.29, 0.717) is 0 Å². The van der Waals surface area contributed by atoms with Crippen LogP contribution in [0.5, 0.6) is 5.75 Å². The molecule has 0 aliphatic rings. The Balaban J connectivity index is 2.48. The van der Waals surface area contributed by atoms with E-state index in [-0.39, 0.29) is 6.04 Å². The number of thiophene rings is 1. The molecule has 1 heterocycles. The molecule has 0 aliphatic heterocycles. The van der Waals surface area contributed by atoms with E-state index in [1.54, 1.807) is 18.4 Å². The Morgan fingerprint density at radius 3 is 2.30 bits per heavy atom. The first kappa shape index (κ1) is 15.1. The molecule has 0 fully saturated rings. The standard InChI is InChI=1S/C17H23NOS/c1-6-18-17(15-9-14(19-5)10-20-15)16-12(3)7-11(2)8-13(16)4/h7-10,17-18H,6H2,1-5H3. The third-order valence-electron chi connectivity index (χ3n) is 3.55. The fourth-order valence-corrected chi connectivity index (χ4v) is 3.73. The van der Waals surface area contributed by atoms with Gasteiger partial charge in [0.15, 0.2) is 0 Å². The highest BCUT2D eigenvalue weighted by molar-refractivity contribution is 7.10. The van der Waals surface area contributed by atoms with Gasteiger partial charge in [-0.15, -0.1) is 11.3 Å². The van der Waals surface area contributed by atoms with E-state index in [4.69, 9.17) is 4.74 Å². The fraction of sp³-hybridized carbons (Fsp3) is 0.412. The second-order valence-corrected chi connectivity index (χ2v) is 6.13. The lowest BCUT2D eigenvalue weighted by Gasteiger charge is -2.22. The van der Waals surface area contributed by atoms with Crippen LogP contribution in [0, 0.1) is 20.8 Å². The maximum atomic E-state index is 5.32. The topological polar surface area (TPSA) is 21.3 Å². The van der Waals surface area contributed by atoms with Crippen molar-refractivity contribution in [3.63, 3.8) is 0 Å². The first-order valence-corrected chi connectivity index (χ1v) is 7.88. The molecule has 108 valence electrons. The normalized spacial score (nSPS) is 12.4. The van der Waals surface area contributed by atoms with E-state index in [1.807, 2.05) is 0 Å². The van der Waals surface area contributed by atoms with Crippen LogP contribution in [-0.4, -0.2) is 13.7 Å². The molecule has 1 atom stereocenters. The average molecular weight is 289 g/mol. The molecule has 1 aromatic heterocycles. The number of nitrogens with one attached hydrogen (secondary N) is 1. The lowest BCUT2D eigenvalue weighted by molar-refractivity contribution is 0.416. The zero-order valence-electron chi connectivity index (χ0n) is 12.9. The summed E-state index contributed by atoms with van der Waals surface area (Å²) in [6.07, 6.45) is 0. The van der Waals surface area contributed by atoms with Gasteiger partial charge in [0, 0.05) is 10.3 Å². The lowest BCUT2D eigenvalue weighted by Crippen LogP contribution is -2.23. The summed E-state index contributed by atoms with van der Waals surface area (Å²) in [6.45, 7) is 9.64. The Kier molecular flexibility index (Phi) is 4.84. The zero-order chi connectivity index (χ0) is 14.7. The molecule has 1 N–H and O–H groups in total. The van der Waals surface area contributed by atoms with Gasteiger partial charge in [0.25, 0.3) is 0 Å². The third-order valence-corrected chi connectivity index (χ3v) is 4.53. The molecule has 0 amide bonds. The van der Waals surface area contributed by atoms with Gasteiger partial charge in [-0.05, 0) is 50.1 Å². The Labute approximate surface area is 125 Å². The van der Waals surface area contributed by atoms with E-state index in [0.717, 1.165) is 12.3 Å². The smallest absolute Gasteiger partial charge is 0.129 e. The highest BCUT2D eigenvalue weighted by Crippen LogP contribution is 2.34. The van der Waals surface area contributed by atoms with Crippen LogP contribution >= 0.6 is 11.3 Å². The van der Waals surface area contributed by atoms with Gasteiger partial charge in [-0.25, -0.2) is 0 Å². The molecule has 3 heteroatoms. The van der Waals surface area contributed by atoms with Gasteiger partial charge in [0.2, 0.25) is 0 Å². The van der Waals surface area contributed by atoms with E-state index in [2.05, 4.69) is 56.6 Å². The highest BCUT2D eigenvalue weighted by atomic mass is 32.1. The monoisotopic (exact) mass is 289 g/mol. The molecule has 1 unspecified atom stereocenters. The van der Waals surface area contributed by atoms with E-state index in [1.165, 1.54) is 27.1 Å². The Morgan fingerprint density at radius 2 is 1.80 bits per heavy atom. The zero-order valence-corrected chi connectivity index (χ0v) is 13.7. The average Bonchev–Trinajstić information content (AvgIpc) is 2.85. The van der Waals surface area contributed by atoms with Crippen molar-refractivity contribution in [1.82, 2.24) is 5.32 Å². The summed E-state index contributed by atoms with van der Waals surface area (Å²) in [5.74, 6) is 0.940. The minimum absolute atomic E-state index is 0.245. The van der Waals surface area contributed by atoms with Crippen molar-refractivity contribution >= 4 is 11.3 Å². The van der Waals surface area contributed by atoms with Crippen LogP contribution in [0.3, 0.4) is 0 Å². The number of aryl methyl sites for hydroxylation is 3. The summed E-state index contributed by atoms with van der Waals surface area (Å²) in [5, 5.41) is 5.68. The van der Waals surface area contributed by atoms with Crippen LogP contribution in [-0.2, 0) is 0 Å². The highest BCUT2D eigenvalue weighted by Gasteiger charge is 2.19. The van der Waals surface area contributed by atoms with Crippen molar-refractivity contribution in [3.05, 3.63) is 50.7 Å². The van der Waals surface area contributed by atoms with Gasteiger partial charge in [0.05, 0.1) is 13.2 Å². The molecule has 0 aliphatic carbocycles. The number of methoxy groups -OCH3 is 1. The maximum Gasteiger partial charge on any atom is 0.129 e. The molecule has 0 radical (unpaired) electrons. The van der Waals surface area contributed by atoms with Gasteiger partial charge < -0.3 is 10.1 Å². The number of ether oxygens (including phenoxy) is 1. The van der Waals surface area contributed by atoms with Gasteiger partial charge in [-0.3, -0.25) is 0 Å². The molecule has 0 bridgehead atoms. The number of rotatable bonds is 5. The van der Waals surface area contributed by atoms with E-state index in [9.17, 15) is 0 Å². The first-order valence-electron chi connectivity index (χ1n) is 7.00. The molecule has 0 saturated heterocycles. The van der Waals surface area contributed by atoms with E-state index >= 15 is 0 Å². The van der Waals surface area contributed by atoms with Gasteiger partial charge in [-0.1, -0.05) is 24.6 Å². The molecular weight excluding hydrogens is 266 g/mol. The second kappa shape index (κ2) is 6.42. The molecule has 2 aromatic rings. The van der Waals surface area contributed by atoms with Crippen molar-refractivity contribution < 1.29 is 4.74 Å².